The van der Waals surface area contributed by atoms with Crippen LogP contribution in [0, 0.1) is 11.3 Å². The van der Waals surface area contributed by atoms with E-state index in [1.54, 1.807) is 0 Å². The molecule has 1 amide bonds. The Balaban J connectivity index is 0. The summed E-state index contributed by atoms with van der Waals surface area (Å²) in [6.07, 6.45) is 3.04. The van der Waals surface area contributed by atoms with Gasteiger partial charge in [0.25, 0.3) is 0 Å². The fraction of sp³-hybridized carbons (Fsp3) is 0.929. The lowest BCUT2D eigenvalue weighted by molar-refractivity contribution is -0.124. The van der Waals surface area contributed by atoms with Crippen molar-refractivity contribution < 1.29 is 4.79 Å². The number of amides is 1. The Labute approximate surface area is 119 Å². The molecule has 3 atom stereocenters. The first-order chi connectivity index (χ1) is 7.67. The molecule has 0 aliphatic carbocycles. The van der Waals surface area contributed by atoms with Crippen molar-refractivity contribution in [3.8, 4) is 0 Å². The highest BCUT2D eigenvalue weighted by Crippen LogP contribution is 2.21. The Morgan fingerprint density at radius 3 is 2.17 bits per heavy atom. The second kappa shape index (κ2) is 8.76. The van der Waals surface area contributed by atoms with Crippen LogP contribution in [0.2, 0.25) is 0 Å². The molecule has 0 aromatic carbocycles. The van der Waals surface area contributed by atoms with Gasteiger partial charge < -0.3 is 11.1 Å². The van der Waals surface area contributed by atoms with Crippen LogP contribution in [0.3, 0.4) is 0 Å². The lowest BCUT2D eigenvalue weighted by Crippen LogP contribution is -2.47. The van der Waals surface area contributed by atoms with Gasteiger partial charge in [-0.2, -0.15) is 0 Å². The van der Waals surface area contributed by atoms with Gasteiger partial charge in [0.15, 0.2) is 0 Å². The Kier molecular flexibility index (Phi) is 9.75. The number of carbonyl (C=O) groups excluding carboxylic acids is 1. The first kappa shape index (κ1) is 20.0. The number of nitrogens with one attached hydrogen (secondary N) is 1. The van der Waals surface area contributed by atoms with E-state index in [-0.39, 0.29) is 36.3 Å². The summed E-state index contributed by atoms with van der Waals surface area (Å²) in [6.45, 7) is 12.8. The molecule has 0 saturated carbocycles. The van der Waals surface area contributed by atoms with Crippen LogP contribution >= 0.6 is 12.4 Å². The minimum absolute atomic E-state index is 0. The van der Waals surface area contributed by atoms with Gasteiger partial charge in [0.05, 0.1) is 6.04 Å². The van der Waals surface area contributed by atoms with E-state index in [2.05, 4.69) is 33.0 Å². The van der Waals surface area contributed by atoms with Gasteiger partial charge in [0.2, 0.25) is 5.91 Å². The van der Waals surface area contributed by atoms with Crippen molar-refractivity contribution in [3.63, 3.8) is 0 Å². The monoisotopic (exact) mass is 278 g/mol. The number of hydrogen-bond donors (Lipinski definition) is 2. The highest BCUT2D eigenvalue weighted by molar-refractivity contribution is 5.85. The van der Waals surface area contributed by atoms with Crippen LogP contribution in [0.5, 0.6) is 0 Å². The molecule has 0 rings (SSSR count). The van der Waals surface area contributed by atoms with Crippen LogP contribution in [0.15, 0.2) is 0 Å². The molecule has 0 bridgehead atoms. The maximum Gasteiger partial charge on any atom is 0.237 e. The summed E-state index contributed by atoms with van der Waals surface area (Å²) in [6, 6.07) is -0.172. The van der Waals surface area contributed by atoms with E-state index in [1.165, 1.54) is 0 Å². The molecule has 3 N–H and O–H groups in total. The SMILES string of the molecule is CCC(C)C(N)C(=O)NC(C)CCC(C)(C)C.Cl. The molecule has 4 heteroatoms. The number of rotatable bonds is 6. The van der Waals surface area contributed by atoms with Crippen LogP contribution in [0.1, 0.15) is 60.8 Å². The predicted octanol–water partition coefficient (Wildman–Crippen LogP) is 3.11. The van der Waals surface area contributed by atoms with Gasteiger partial charge in [-0.15, -0.1) is 12.4 Å². The van der Waals surface area contributed by atoms with Crippen molar-refractivity contribution in [1.82, 2.24) is 5.32 Å². The van der Waals surface area contributed by atoms with Gasteiger partial charge in [-0.25, -0.2) is 0 Å². The summed E-state index contributed by atoms with van der Waals surface area (Å²) in [7, 11) is 0. The molecule has 0 aliphatic heterocycles. The molecule has 0 aromatic rings. The molecule has 0 heterocycles. The Morgan fingerprint density at radius 2 is 1.78 bits per heavy atom. The molecule has 3 nitrogen and oxygen atoms in total. The van der Waals surface area contributed by atoms with Crippen molar-refractivity contribution >= 4 is 18.3 Å². The van der Waals surface area contributed by atoms with Crippen molar-refractivity contribution in [2.75, 3.05) is 0 Å². The van der Waals surface area contributed by atoms with E-state index >= 15 is 0 Å². The standard InChI is InChI=1S/C14H30N2O.ClH/c1-7-10(2)12(15)13(17)16-11(3)8-9-14(4,5)6;/h10-12H,7-9,15H2,1-6H3,(H,16,17);1H. The lowest BCUT2D eigenvalue weighted by atomic mass is 9.89. The van der Waals surface area contributed by atoms with E-state index in [0.29, 0.717) is 5.41 Å². The van der Waals surface area contributed by atoms with Gasteiger partial charge >= 0.3 is 0 Å². The summed E-state index contributed by atoms with van der Waals surface area (Å²) in [4.78, 5) is 11.8. The number of halogens is 1. The van der Waals surface area contributed by atoms with E-state index in [4.69, 9.17) is 5.73 Å². The van der Waals surface area contributed by atoms with Crippen molar-refractivity contribution in [1.29, 1.82) is 0 Å². The second-order valence-electron chi connectivity index (χ2n) is 6.42. The fourth-order valence-corrected chi connectivity index (χ4v) is 1.57. The maximum absolute atomic E-state index is 11.8. The van der Waals surface area contributed by atoms with Crippen molar-refractivity contribution in [2.24, 2.45) is 17.1 Å². The Bertz CT molecular complexity index is 238. The summed E-state index contributed by atoms with van der Waals surface area (Å²) in [5.74, 6) is 0.227. The quantitative estimate of drug-likeness (QED) is 0.784. The molecular formula is C14H31ClN2O. The van der Waals surface area contributed by atoms with Gasteiger partial charge in [-0.05, 0) is 31.1 Å². The van der Waals surface area contributed by atoms with E-state index in [0.717, 1.165) is 19.3 Å². The highest BCUT2D eigenvalue weighted by atomic mass is 35.5. The molecule has 18 heavy (non-hydrogen) atoms. The highest BCUT2D eigenvalue weighted by Gasteiger charge is 2.21. The molecule has 0 radical (unpaired) electrons. The average Bonchev–Trinajstić information content (AvgIpc) is 2.23. The Hall–Kier alpha value is -0.280. The molecular weight excluding hydrogens is 248 g/mol. The molecule has 0 fully saturated rings. The average molecular weight is 279 g/mol. The molecule has 110 valence electrons. The number of nitrogens with two attached hydrogens (primary N) is 1. The van der Waals surface area contributed by atoms with E-state index in [1.807, 2.05) is 13.8 Å². The van der Waals surface area contributed by atoms with Gasteiger partial charge in [-0.3, -0.25) is 4.79 Å². The first-order valence-electron chi connectivity index (χ1n) is 6.73. The van der Waals surface area contributed by atoms with Gasteiger partial charge in [0, 0.05) is 6.04 Å². The lowest BCUT2D eigenvalue weighted by Gasteiger charge is -2.24. The zero-order valence-electron chi connectivity index (χ0n) is 12.7. The molecule has 0 aliphatic rings. The van der Waals surface area contributed by atoms with E-state index in [9.17, 15) is 4.79 Å². The molecule has 0 aromatic heterocycles. The second-order valence-corrected chi connectivity index (χ2v) is 6.42. The third kappa shape index (κ3) is 8.76. The van der Waals surface area contributed by atoms with Crippen LogP contribution in [0.4, 0.5) is 0 Å². The Morgan fingerprint density at radius 1 is 1.28 bits per heavy atom. The smallest absolute Gasteiger partial charge is 0.237 e. The largest absolute Gasteiger partial charge is 0.352 e. The third-order valence-corrected chi connectivity index (χ3v) is 3.28. The zero-order valence-corrected chi connectivity index (χ0v) is 13.6. The summed E-state index contributed by atoms with van der Waals surface area (Å²) >= 11 is 0. The minimum Gasteiger partial charge on any atom is -0.352 e. The number of hydrogen-bond acceptors (Lipinski definition) is 2. The topological polar surface area (TPSA) is 55.1 Å². The predicted molar refractivity (Wildman–Crippen MR) is 81.0 cm³/mol. The summed E-state index contributed by atoms with van der Waals surface area (Å²) in [5, 5.41) is 3.00. The third-order valence-electron chi connectivity index (χ3n) is 3.28. The maximum atomic E-state index is 11.8. The molecule has 3 unspecified atom stereocenters. The summed E-state index contributed by atoms with van der Waals surface area (Å²) in [5.41, 5.74) is 6.21. The fourth-order valence-electron chi connectivity index (χ4n) is 1.57. The normalized spacial score (nSPS) is 16.4. The van der Waals surface area contributed by atoms with Crippen molar-refractivity contribution in [3.05, 3.63) is 0 Å². The van der Waals surface area contributed by atoms with Gasteiger partial charge in [0.1, 0.15) is 0 Å². The molecule has 0 saturated heterocycles. The van der Waals surface area contributed by atoms with Crippen LogP contribution in [0.25, 0.3) is 0 Å². The van der Waals surface area contributed by atoms with Crippen molar-refractivity contribution in [2.45, 2.75) is 72.9 Å². The number of carbonyl (C=O) groups is 1. The molecule has 0 spiro atoms. The van der Waals surface area contributed by atoms with Crippen LogP contribution in [-0.2, 0) is 4.79 Å². The van der Waals surface area contributed by atoms with E-state index < -0.39 is 0 Å². The summed E-state index contributed by atoms with van der Waals surface area (Å²) < 4.78 is 0. The first-order valence-corrected chi connectivity index (χ1v) is 6.73. The van der Waals surface area contributed by atoms with Crippen LogP contribution < -0.4 is 11.1 Å². The minimum atomic E-state index is -0.378. The van der Waals surface area contributed by atoms with Gasteiger partial charge in [-0.1, -0.05) is 41.0 Å². The zero-order chi connectivity index (χ0) is 13.6. The van der Waals surface area contributed by atoms with Crippen LogP contribution in [-0.4, -0.2) is 18.0 Å².